The molecule has 0 saturated carbocycles. The van der Waals surface area contributed by atoms with Crippen LogP contribution in [-0.4, -0.2) is 33.8 Å². The van der Waals surface area contributed by atoms with Crippen molar-refractivity contribution in [3.05, 3.63) is 0 Å². The summed E-state index contributed by atoms with van der Waals surface area (Å²) in [6.45, 7) is 2.59. The molecule has 0 aromatic carbocycles. The SMILES string of the molecule is CCCCCCNS(=O)(=O)CCCC(=O)OC. The van der Waals surface area contributed by atoms with E-state index in [-0.39, 0.29) is 18.1 Å². The number of sulfonamides is 1. The number of ether oxygens (including phenoxy) is 1. The molecule has 17 heavy (non-hydrogen) atoms. The van der Waals surface area contributed by atoms with Crippen molar-refractivity contribution in [3.8, 4) is 0 Å². The number of esters is 1. The highest BCUT2D eigenvalue weighted by Crippen LogP contribution is 1.99. The third kappa shape index (κ3) is 10.3. The van der Waals surface area contributed by atoms with E-state index in [1.165, 1.54) is 7.11 Å². The van der Waals surface area contributed by atoms with Crippen LogP contribution in [0.5, 0.6) is 0 Å². The first-order valence-corrected chi connectivity index (χ1v) is 7.71. The molecule has 0 saturated heterocycles. The molecule has 0 fully saturated rings. The van der Waals surface area contributed by atoms with Crippen molar-refractivity contribution in [1.29, 1.82) is 0 Å². The predicted octanol–water partition coefficient (Wildman–Crippen LogP) is 1.44. The lowest BCUT2D eigenvalue weighted by Gasteiger charge is -2.05. The Morgan fingerprint density at radius 2 is 1.88 bits per heavy atom. The van der Waals surface area contributed by atoms with Gasteiger partial charge in [-0.1, -0.05) is 26.2 Å². The summed E-state index contributed by atoms with van der Waals surface area (Å²) >= 11 is 0. The average Bonchev–Trinajstić information content (AvgIpc) is 2.28. The van der Waals surface area contributed by atoms with E-state index in [9.17, 15) is 13.2 Å². The van der Waals surface area contributed by atoms with Crippen LogP contribution in [0.1, 0.15) is 45.4 Å². The molecule has 6 heteroatoms. The van der Waals surface area contributed by atoms with Crippen LogP contribution in [0.2, 0.25) is 0 Å². The molecule has 0 atom stereocenters. The van der Waals surface area contributed by atoms with E-state index in [0.29, 0.717) is 13.0 Å². The fraction of sp³-hybridized carbons (Fsp3) is 0.909. The van der Waals surface area contributed by atoms with Gasteiger partial charge in [-0.2, -0.15) is 0 Å². The first kappa shape index (κ1) is 16.4. The normalized spacial score (nSPS) is 11.4. The highest BCUT2D eigenvalue weighted by molar-refractivity contribution is 7.89. The summed E-state index contributed by atoms with van der Waals surface area (Å²) in [6.07, 6.45) is 4.62. The van der Waals surface area contributed by atoms with Crippen molar-refractivity contribution in [2.24, 2.45) is 0 Å². The van der Waals surface area contributed by atoms with Gasteiger partial charge < -0.3 is 4.74 Å². The van der Waals surface area contributed by atoms with Gasteiger partial charge in [-0.3, -0.25) is 4.79 Å². The summed E-state index contributed by atoms with van der Waals surface area (Å²) in [4.78, 5) is 10.8. The van der Waals surface area contributed by atoms with E-state index in [2.05, 4.69) is 16.4 Å². The Hall–Kier alpha value is -0.620. The summed E-state index contributed by atoms with van der Waals surface area (Å²) in [5.41, 5.74) is 0. The van der Waals surface area contributed by atoms with Gasteiger partial charge in [0.25, 0.3) is 0 Å². The molecule has 0 rings (SSSR count). The standard InChI is InChI=1S/C11H23NO4S/c1-3-4-5-6-9-12-17(14,15)10-7-8-11(13)16-2/h12H,3-10H2,1-2H3. The summed E-state index contributed by atoms with van der Waals surface area (Å²) in [5, 5.41) is 0. The van der Waals surface area contributed by atoms with E-state index in [1.807, 2.05) is 0 Å². The van der Waals surface area contributed by atoms with Crippen LogP contribution in [0.3, 0.4) is 0 Å². The van der Waals surface area contributed by atoms with E-state index in [4.69, 9.17) is 0 Å². The van der Waals surface area contributed by atoms with Gasteiger partial charge in [0, 0.05) is 13.0 Å². The fourth-order valence-electron chi connectivity index (χ4n) is 1.36. The molecule has 0 bridgehead atoms. The van der Waals surface area contributed by atoms with Crippen LogP contribution in [0.15, 0.2) is 0 Å². The van der Waals surface area contributed by atoms with E-state index < -0.39 is 10.0 Å². The lowest BCUT2D eigenvalue weighted by atomic mass is 10.2. The second kappa shape index (κ2) is 9.41. The zero-order chi connectivity index (χ0) is 13.1. The molecule has 0 unspecified atom stereocenters. The van der Waals surface area contributed by atoms with Gasteiger partial charge in [-0.05, 0) is 12.8 Å². The van der Waals surface area contributed by atoms with Gasteiger partial charge in [0.2, 0.25) is 10.0 Å². The van der Waals surface area contributed by atoms with Crippen molar-refractivity contribution >= 4 is 16.0 Å². The van der Waals surface area contributed by atoms with Crippen LogP contribution >= 0.6 is 0 Å². The second-order valence-corrected chi connectivity index (χ2v) is 5.88. The van der Waals surface area contributed by atoms with Crippen molar-refractivity contribution in [2.45, 2.75) is 45.4 Å². The van der Waals surface area contributed by atoms with E-state index in [1.54, 1.807) is 0 Å². The van der Waals surface area contributed by atoms with Crippen molar-refractivity contribution in [3.63, 3.8) is 0 Å². The minimum atomic E-state index is -3.23. The third-order valence-corrected chi connectivity index (χ3v) is 3.84. The number of carbonyl (C=O) groups is 1. The number of nitrogens with one attached hydrogen (secondary N) is 1. The predicted molar refractivity (Wildman–Crippen MR) is 67.2 cm³/mol. The second-order valence-electron chi connectivity index (χ2n) is 3.95. The molecule has 0 aromatic heterocycles. The van der Waals surface area contributed by atoms with Crippen molar-refractivity contribution < 1.29 is 17.9 Å². The minimum absolute atomic E-state index is 0.0180. The number of rotatable bonds is 10. The molecule has 0 spiro atoms. The number of unbranched alkanes of at least 4 members (excludes halogenated alkanes) is 3. The minimum Gasteiger partial charge on any atom is -0.469 e. The molecule has 0 aromatic rings. The van der Waals surface area contributed by atoms with Crippen LogP contribution < -0.4 is 4.72 Å². The zero-order valence-corrected chi connectivity index (χ0v) is 11.5. The number of methoxy groups -OCH3 is 1. The molecule has 0 radical (unpaired) electrons. The van der Waals surface area contributed by atoms with Gasteiger partial charge in [0.15, 0.2) is 0 Å². The first-order valence-electron chi connectivity index (χ1n) is 6.06. The van der Waals surface area contributed by atoms with Gasteiger partial charge in [0.05, 0.1) is 12.9 Å². The molecule has 0 aliphatic carbocycles. The van der Waals surface area contributed by atoms with Gasteiger partial charge >= 0.3 is 5.97 Å². The zero-order valence-electron chi connectivity index (χ0n) is 10.7. The highest BCUT2D eigenvalue weighted by Gasteiger charge is 2.10. The monoisotopic (exact) mass is 265 g/mol. The first-order chi connectivity index (χ1) is 8.02. The van der Waals surface area contributed by atoms with Gasteiger partial charge in [-0.25, -0.2) is 13.1 Å². The quantitative estimate of drug-likeness (QED) is 0.479. The lowest BCUT2D eigenvalue weighted by molar-refractivity contribution is -0.140. The Morgan fingerprint density at radius 3 is 2.47 bits per heavy atom. The van der Waals surface area contributed by atoms with E-state index in [0.717, 1.165) is 25.7 Å². The van der Waals surface area contributed by atoms with Crippen LogP contribution in [0.4, 0.5) is 0 Å². The molecular formula is C11H23NO4S. The maximum Gasteiger partial charge on any atom is 0.305 e. The molecule has 0 aliphatic heterocycles. The number of hydrogen-bond acceptors (Lipinski definition) is 4. The maximum atomic E-state index is 11.5. The molecule has 0 heterocycles. The smallest absolute Gasteiger partial charge is 0.305 e. The molecule has 5 nitrogen and oxygen atoms in total. The summed E-state index contributed by atoms with van der Waals surface area (Å²) in [5.74, 6) is -0.390. The van der Waals surface area contributed by atoms with Crippen molar-refractivity contribution in [2.75, 3.05) is 19.4 Å². The van der Waals surface area contributed by atoms with Crippen molar-refractivity contribution in [1.82, 2.24) is 4.72 Å². The lowest BCUT2D eigenvalue weighted by Crippen LogP contribution is -2.27. The van der Waals surface area contributed by atoms with E-state index >= 15 is 0 Å². The third-order valence-electron chi connectivity index (χ3n) is 2.37. The largest absolute Gasteiger partial charge is 0.469 e. The summed E-state index contributed by atoms with van der Waals surface area (Å²) in [7, 11) is -1.94. The van der Waals surface area contributed by atoms with Crippen LogP contribution in [-0.2, 0) is 19.6 Å². The van der Waals surface area contributed by atoms with Crippen LogP contribution in [0, 0.1) is 0 Å². The Balaban J connectivity index is 3.62. The summed E-state index contributed by atoms with van der Waals surface area (Å²) < 4.78 is 29.9. The van der Waals surface area contributed by atoms with Gasteiger partial charge in [-0.15, -0.1) is 0 Å². The fourth-order valence-corrected chi connectivity index (χ4v) is 2.48. The number of hydrogen-bond donors (Lipinski definition) is 1. The van der Waals surface area contributed by atoms with Gasteiger partial charge in [0.1, 0.15) is 0 Å². The summed E-state index contributed by atoms with van der Waals surface area (Å²) in [6, 6.07) is 0. The Kier molecular flexibility index (Phi) is 9.07. The molecule has 102 valence electrons. The number of carbonyl (C=O) groups excluding carboxylic acids is 1. The topological polar surface area (TPSA) is 72.5 Å². The molecule has 1 N–H and O–H groups in total. The Morgan fingerprint density at radius 1 is 1.18 bits per heavy atom. The highest BCUT2D eigenvalue weighted by atomic mass is 32.2. The Labute approximate surface area is 104 Å². The molecular weight excluding hydrogens is 242 g/mol. The Bertz CT molecular complexity index is 301. The average molecular weight is 265 g/mol. The molecule has 0 amide bonds. The molecule has 0 aliphatic rings. The maximum absolute atomic E-state index is 11.5. The van der Waals surface area contributed by atoms with Crippen LogP contribution in [0.25, 0.3) is 0 Å².